The van der Waals surface area contributed by atoms with Gasteiger partial charge >= 0.3 is 11.1 Å². The van der Waals surface area contributed by atoms with Crippen molar-refractivity contribution in [2.45, 2.75) is 31.9 Å². The van der Waals surface area contributed by atoms with Gasteiger partial charge in [-0.1, -0.05) is 0 Å². The third-order valence-corrected chi connectivity index (χ3v) is 3.87. The van der Waals surface area contributed by atoms with Crippen LogP contribution in [0.1, 0.15) is 30.1 Å². The number of hydrogen-bond acceptors (Lipinski definition) is 4. The standard InChI is InChI=1S/C15H17N3O4/c1-8(12-3-2-6-22-12)16-13(19)9-4-5-10-11(7-9)18-15(21)14(20)17-10/h4-5,7-8,12H,2-3,6H2,1H3,(H,16,19)(H,17,20)(H,18,21)/t8-,12+/m1/s1. The highest BCUT2D eigenvalue weighted by molar-refractivity contribution is 5.97. The number of H-pyrrole nitrogens is 2. The molecule has 1 amide bonds. The number of carbonyl (C=O) groups is 1. The number of hydrogen-bond donors (Lipinski definition) is 3. The highest BCUT2D eigenvalue weighted by atomic mass is 16.5. The molecule has 2 atom stereocenters. The molecule has 0 bridgehead atoms. The molecule has 1 saturated heterocycles. The maximum absolute atomic E-state index is 12.3. The lowest BCUT2D eigenvalue weighted by molar-refractivity contribution is 0.0712. The largest absolute Gasteiger partial charge is 0.376 e. The van der Waals surface area contributed by atoms with Crippen LogP contribution >= 0.6 is 0 Å². The van der Waals surface area contributed by atoms with E-state index in [1.807, 2.05) is 6.92 Å². The monoisotopic (exact) mass is 303 g/mol. The molecule has 3 rings (SSSR count). The molecule has 7 heteroatoms. The second-order valence-corrected chi connectivity index (χ2v) is 5.48. The summed E-state index contributed by atoms with van der Waals surface area (Å²) in [6.45, 7) is 2.64. The molecule has 1 aromatic carbocycles. The molecule has 2 heterocycles. The SMILES string of the molecule is C[C@@H](NC(=O)c1ccc2[nH]c(=O)c(=O)[nH]c2c1)[C@@H]1CCCO1. The molecule has 0 radical (unpaired) electrons. The van der Waals surface area contributed by atoms with E-state index in [9.17, 15) is 14.4 Å². The lowest BCUT2D eigenvalue weighted by atomic mass is 10.1. The summed E-state index contributed by atoms with van der Waals surface area (Å²) < 4.78 is 5.55. The van der Waals surface area contributed by atoms with Crippen molar-refractivity contribution in [1.82, 2.24) is 15.3 Å². The number of nitrogens with one attached hydrogen (secondary N) is 3. The quantitative estimate of drug-likeness (QED) is 0.719. The first-order chi connectivity index (χ1) is 10.5. The van der Waals surface area contributed by atoms with E-state index in [1.54, 1.807) is 18.2 Å². The Balaban J connectivity index is 1.83. The first kappa shape index (κ1) is 14.5. The molecule has 1 aromatic heterocycles. The maximum Gasteiger partial charge on any atom is 0.314 e. The minimum atomic E-state index is -0.738. The Kier molecular flexibility index (Phi) is 3.81. The summed E-state index contributed by atoms with van der Waals surface area (Å²) in [5.74, 6) is -0.239. The van der Waals surface area contributed by atoms with E-state index in [1.165, 1.54) is 0 Å². The number of ether oxygens (including phenoxy) is 1. The number of aromatic nitrogens is 2. The van der Waals surface area contributed by atoms with Crippen LogP contribution in [0.4, 0.5) is 0 Å². The molecular formula is C15H17N3O4. The van der Waals surface area contributed by atoms with Crippen molar-refractivity contribution in [3.05, 3.63) is 44.5 Å². The van der Waals surface area contributed by atoms with Gasteiger partial charge < -0.3 is 20.0 Å². The highest BCUT2D eigenvalue weighted by Crippen LogP contribution is 2.16. The Morgan fingerprint density at radius 1 is 1.27 bits per heavy atom. The minimum absolute atomic E-state index is 0.0422. The number of amides is 1. The van der Waals surface area contributed by atoms with Crippen molar-refractivity contribution in [3.63, 3.8) is 0 Å². The summed E-state index contributed by atoms with van der Waals surface area (Å²) >= 11 is 0. The minimum Gasteiger partial charge on any atom is -0.376 e. The summed E-state index contributed by atoms with van der Waals surface area (Å²) in [6.07, 6.45) is 1.99. The number of carbonyl (C=O) groups excluding carboxylic acids is 1. The Morgan fingerprint density at radius 3 is 2.68 bits per heavy atom. The highest BCUT2D eigenvalue weighted by Gasteiger charge is 2.24. The molecule has 7 nitrogen and oxygen atoms in total. The van der Waals surface area contributed by atoms with Crippen molar-refractivity contribution in [2.75, 3.05) is 6.61 Å². The zero-order chi connectivity index (χ0) is 15.7. The molecule has 1 aliphatic rings. The lowest BCUT2D eigenvalue weighted by Gasteiger charge is -2.20. The van der Waals surface area contributed by atoms with Crippen LogP contribution in [0.2, 0.25) is 0 Å². The van der Waals surface area contributed by atoms with Crippen LogP contribution in [0.15, 0.2) is 27.8 Å². The van der Waals surface area contributed by atoms with Crippen LogP contribution in [-0.2, 0) is 4.74 Å². The summed E-state index contributed by atoms with van der Waals surface area (Å²) in [5.41, 5.74) is -0.134. The normalized spacial score (nSPS) is 19.2. The molecule has 22 heavy (non-hydrogen) atoms. The molecule has 3 N–H and O–H groups in total. The van der Waals surface area contributed by atoms with E-state index in [-0.39, 0.29) is 18.1 Å². The zero-order valence-corrected chi connectivity index (χ0v) is 12.1. The van der Waals surface area contributed by atoms with Crippen LogP contribution in [0, 0.1) is 0 Å². The lowest BCUT2D eigenvalue weighted by Crippen LogP contribution is -2.40. The van der Waals surface area contributed by atoms with E-state index in [0.29, 0.717) is 16.6 Å². The van der Waals surface area contributed by atoms with Crippen LogP contribution < -0.4 is 16.4 Å². The fourth-order valence-corrected chi connectivity index (χ4v) is 2.64. The Morgan fingerprint density at radius 2 is 2.00 bits per heavy atom. The zero-order valence-electron chi connectivity index (χ0n) is 12.1. The van der Waals surface area contributed by atoms with Crippen molar-refractivity contribution < 1.29 is 9.53 Å². The average molecular weight is 303 g/mol. The molecule has 0 aliphatic carbocycles. The molecule has 1 fully saturated rings. The summed E-state index contributed by atoms with van der Waals surface area (Å²) in [7, 11) is 0. The van der Waals surface area contributed by atoms with Crippen molar-refractivity contribution in [1.29, 1.82) is 0 Å². The first-order valence-corrected chi connectivity index (χ1v) is 7.23. The maximum atomic E-state index is 12.3. The topological polar surface area (TPSA) is 104 Å². The van der Waals surface area contributed by atoms with Gasteiger partial charge in [0.1, 0.15) is 0 Å². The Bertz CT molecular complexity index is 817. The van der Waals surface area contributed by atoms with Gasteiger partial charge in [0.25, 0.3) is 5.91 Å². The number of aromatic amines is 2. The first-order valence-electron chi connectivity index (χ1n) is 7.23. The van der Waals surface area contributed by atoms with Crippen LogP contribution in [0.5, 0.6) is 0 Å². The number of fused-ring (bicyclic) bond motifs is 1. The van der Waals surface area contributed by atoms with Crippen molar-refractivity contribution in [2.24, 2.45) is 0 Å². The summed E-state index contributed by atoms with van der Waals surface area (Å²) in [5, 5.41) is 2.90. The third-order valence-electron chi connectivity index (χ3n) is 3.87. The number of benzene rings is 1. The Labute approximate surface area is 125 Å². The van der Waals surface area contributed by atoms with E-state index >= 15 is 0 Å². The second-order valence-electron chi connectivity index (χ2n) is 5.48. The molecule has 0 saturated carbocycles. The van der Waals surface area contributed by atoms with Gasteiger partial charge in [0, 0.05) is 12.2 Å². The van der Waals surface area contributed by atoms with Crippen LogP contribution in [-0.4, -0.2) is 34.6 Å². The fourth-order valence-electron chi connectivity index (χ4n) is 2.64. The van der Waals surface area contributed by atoms with Gasteiger partial charge in [-0.25, -0.2) is 0 Å². The van der Waals surface area contributed by atoms with Crippen LogP contribution in [0.3, 0.4) is 0 Å². The van der Waals surface area contributed by atoms with E-state index in [4.69, 9.17) is 4.74 Å². The van der Waals surface area contributed by atoms with E-state index in [2.05, 4.69) is 15.3 Å². The smallest absolute Gasteiger partial charge is 0.314 e. The van der Waals surface area contributed by atoms with E-state index < -0.39 is 11.1 Å². The van der Waals surface area contributed by atoms with Gasteiger partial charge in [-0.05, 0) is 38.0 Å². The van der Waals surface area contributed by atoms with Gasteiger partial charge in [0.2, 0.25) is 0 Å². The molecule has 0 spiro atoms. The molecule has 116 valence electrons. The van der Waals surface area contributed by atoms with Gasteiger partial charge in [-0.2, -0.15) is 0 Å². The van der Waals surface area contributed by atoms with Gasteiger partial charge in [0.15, 0.2) is 0 Å². The summed E-state index contributed by atoms with van der Waals surface area (Å²) in [6, 6.07) is 4.66. The van der Waals surface area contributed by atoms with Gasteiger partial charge in [-0.15, -0.1) is 0 Å². The van der Waals surface area contributed by atoms with Crippen molar-refractivity contribution >= 4 is 16.9 Å². The van der Waals surface area contributed by atoms with Crippen molar-refractivity contribution in [3.8, 4) is 0 Å². The second kappa shape index (κ2) is 5.76. The predicted octanol–water partition coefficient (Wildman–Crippen LogP) is 0.514. The van der Waals surface area contributed by atoms with E-state index in [0.717, 1.165) is 19.4 Å². The van der Waals surface area contributed by atoms with Crippen LogP contribution in [0.25, 0.3) is 11.0 Å². The molecular weight excluding hydrogens is 286 g/mol. The summed E-state index contributed by atoms with van der Waals surface area (Å²) in [4.78, 5) is 39.8. The predicted molar refractivity (Wildman–Crippen MR) is 81.1 cm³/mol. The molecule has 2 aromatic rings. The Hall–Kier alpha value is -2.41. The third kappa shape index (κ3) is 2.80. The molecule has 0 unspecified atom stereocenters. The fraction of sp³-hybridized carbons (Fsp3) is 0.400. The molecule has 1 aliphatic heterocycles. The average Bonchev–Trinajstić information content (AvgIpc) is 3.02. The number of rotatable bonds is 3. The van der Waals surface area contributed by atoms with Gasteiger partial charge in [-0.3, -0.25) is 14.4 Å². The van der Waals surface area contributed by atoms with Gasteiger partial charge in [0.05, 0.1) is 23.2 Å².